The van der Waals surface area contributed by atoms with Crippen LogP contribution >= 0.6 is 0 Å². The van der Waals surface area contributed by atoms with Gasteiger partial charge >= 0.3 is 0 Å². The zero-order valence-corrected chi connectivity index (χ0v) is 10.3. The third kappa shape index (κ3) is 2.85. The van der Waals surface area contributed by atoms with Crippen LogP contribution in [-0.4, -0.2) is 0 Å². The molecular formula is C17H18. The Morgan fingerprint density at radius 3 is 2.71 bits per heavy atom. The van der Waals surface area contributed by atoms with E-state index >= 15 is 0 Å². The molecule has 0 aromatic heterocycles. The van der Waals surface area contributed by atoms with Gasteiger partial charge in [-0.3, -0.25) is 0 Å². The normalized spacial score (nSPS) is 13.0. The fraction of sp³-hybridized carbons (Fsp3) is 0.176. The van der Waals surface area contributed by atoms with E-state index in [1.165, 1.54) is 16.3 Å². The van der Waals surface area contributed by atoms with E-state index in [-0.39, 0.29) is 0 Å². The first-order valence-electron chi connectivity index (χ1n) is 6.08. The van der Waals surface area contributed by atoms with Gasteiger partial charge in [-0.2, -0.15) is 0 Å². The molecule has 86 valence electrons. The molecule has 2 aromatic carbocycles. The standard InChI is InChI=1S/C17H18/c1-3-7-14(2)12-13-16-10-6-9-15-8-4-5-11-17(15)16/h3-6,8-14H,1,7H2,2H3/b13-12+. The first kappa shape index (κ1) is 11.7. The maximum atomic E-state index is 3.77. The van der Waals surface area contributed by atoms with E-state index in [1.54, 1.807) is 0 Å². The van der Waals surface area contributed by atoms with Crippen LogP contribution in [0.15, 0.2) is 61.2 Å². The zero-order chi connectivity index (χ0) is 12.1. The molecule has 0 bridgehead atoms. The van der Waals surface area contributed by atoms with E-state index < -0.39 is 0 Å². The number of allylic oxidation sites excluding steroid dienone is 2. The summed E-state index contributed by atoms with van der Waals surface area (Å²) in [6.07, 6.45) is 7.47. The molecule has 0 radical (unpaired) electrons. The van der Waals surface area contributed by atoms with Crippen molar-refractivity contribution in [3.63, 3.8) is 0 Å². The Bertz CT molecular complexity index is 529. The summed E-state index contributed by atoms with van der Waals surface area (Å²) in [4.78, 5) is 0. The van der Waals surface area contributed by atoms with E-state index in [0.29, 0.717) is 5.92 Å². The van der Waals surface area contributed by atoms with Crippen molar-refractivity contribution in [3.8, 4) is 0 Å². The number of rotatable bonds is 4. The highest BCUT2D eigenvalue weighted by atomic mass is 14.0. The summed E-state index contributed by atoms with van der Waals surface area (Å²) >= 11 is 0. The van der Waals surface area contributed by atoms with Crippen LogP contribution in [0.4, 0.5) is 0 Å². The van der Waals surface area contributed by atoms with E-state index in [4.69, 9.17) is 0 Å². The van der Waals surface area contributed by atoms with Crippen molar-refractivity contribution in [1.82, 2.24) is 0 Å². The quantitative estimate of drug-likeness (QED) is 0.634. The average molecular weight is 222 g/mol. The monoisotopic (exact) mass is 222 g/mol. The minimum absolute atomic E-state index is 0.548. The summed E-state index contributed by atoms with van der Waals surface area (Å²) in [6, 6.07) is 14.9. The van der Waals surface area contributed by atoms with Crippen molar-refractivity contribution in [3.05, 3.63) is 66.8 Å². The van der Waals surface area contributed by atoms with Gasteiger partial charge in [0.15, 0.2) is 0 Å². The van der Waals surface area contributed by atoms with Gasteiger partial charge in [-0.15, -0.1) is 6.58 Å². The van der Waals surface area contributed by atoms with Crippen LogP contribution in [0, 0.1) is 5.92 Å². The van der Waals surface area contributed by atoms with Crippen molar-refractivity contribution in [2.24, 2.45) is 5.92 Å². The molecule has 2 rings (SSSR count). The molecule has 0 aliphatic rings. The van der Waals surface area contributed by atoms with Crippen LogP contribution in [0.1, 0.15) is 18.9 Å². The minimum atomic E-state index is 0.548. The SMILES string of the molecule is C=CCC(C)/C=C/c1cccc2ccccc12. The second kappa shape index (κ2) is 5.49. The van der Waals surface area contributed by atoms with Gasteiger partial charge in [0.05, 0.1) is 0 Å². The Balaban J connectivity index is 2.32. The van der Waals surface area contributed by atoms with E-state index in [2.05, 4.69) is 68.1 Å². The fourth-order valence-corrected chi connectivity index (χ4v) is 2.01. The minimum Gasteiger partial charge on any atom is -0.103 e. The highest BCUT2D eigenvalue weighted by molar-refractivity contribution is 5.90. The van der Waals surface area contributed by atoms with E-state index in [1.807, 2.05) is 6.08 Å². The number of fused-ring (bicyclic) bond motifs is 1. The summed E-state index contributed by atoms with van der Waals surface area (Å²) in [7, 11) is 0. The van der Waals surface area contributed by atoms with Gasteiger partial charge in [0.1, 0.15) is 0 Å². The smallest absolute Gasteiger partial charge is 0.0112 e. The lowest BCUT2D eigenvalue weighted by molar-refractivity contribution is 0.749. The lowest BCUT2D eigenvalue weighted by Crippen LogP contribution is -1.85. The van der Waals surface area contributed by atoms with Crippen LogP contribution in [0.3, 0.4) is 0 Å². The molecule has 17 heavy (non-hydrogen) atoms. The molecule has 0 saturated heterocycles. The zero-order valence-electron chi connectivity index (χ0n) is 10.3. The summed E-state index contributed by atoms with van der Waals surface area (Å²) in [6.45, 7) is 5.98. The van der Waals surface area contributed by atoms with Crippen LogP contribution in [0.5, 0.6) is 0 Å². The molecule has 1 atom stereocenters. The molecule has 0 aliphatic carbocycles. The maximum Gasteiger partial charge on any atom is -0.0112 e. The number of benzene rings is 2. The molecule has 0 aliphatic heterocycles. The lowest BCUT2D eigenvalue weighted by Gasteiger charge is -2.04. The van der Waals surface area contributed by atoms with Crippen LogP contribution in [-0.2, 0) is 0 Å². The fourth-order valence-electron chi connectivity index (χ4n) is 2.01. The summed E-state index contributed by atoms with van der Waals surface area (Å²) in [5.41, 5.74) is 1.29. The average Bonchev–Trinajstić information content (AvgIpc) is 2.36. The van der Waals surface area contributed by atoms with Crippen molar-refractivity contribution in [1.29, 1.82) is 0 Å². The molecule has 0 nitrogen and oxygen atoms in total. The van der Waals surface area contributed by atoms with Crippen molar-refractivity contribution < 1.29 is 0 Å². The van der Waals surface area contributed by atoms with E-state index in [9.17, 15) is 0 Å². The molecule has 0 saturated carbocycles. The Kier molecular flexibility index (Phi) is 3.77. The third-order valence-corrected chi connectivity index (χ3v) is 2.97. The Labute approximate surface area is 103 Å². The first-order valence-corrected chi connectivity index (χ1v) is 6.08. The van der Waals surface area contributed by atoms with Gasteiger partial charge in [0.25, 0.3) is 0 Å². The summed E-state index contributed by atoms with van der Waals surface area (Å²) in [5.74, 6) is 0.548. The number of hydrogen-bond acceptors (Lipinski definition) is 0. The van der Waals surface area contributed by atoms with E-state index in [0.717, 1.165) is 6.42 Å². The predicted molar refractivity (Wildman–Crippen MR) is 77.0 cm³/mol. The largest absolute Gasteiger partial charge is 0.103 e. The third-order valence-electron chi connectivity index (χ3n) is 2.97. The first-order chi connectivity index (χ1) is 8.31. The molecule has 2 aromatic rings. The Hall–Kier alpha value is -1.82. The van der Waals surface area contributed by atoms with Gasteiger partial charge in [0.2, 0.25) is 0 Å². The number of hydrogen-bond donors (Lipinski definition) is 0. The molecule has 0 fully saturated rings. The molecule has 1 unspecified atom stereocenters. The van der Waals surface area contributed by atoms with Crippen LogP contribution in [0.2, 0.25) is 0 Å². The van der Waals surface area contributed by atoms with Crippen molar-refractivity contribution in [2.45, 2.75) is 13.3 Å². The molecular weight excluding hydrogens is 204 g/mol. The maximum absolute atomic E-state index is 3.77. The lowest BCUT2D eigenvalue weighted by atomic mass is 10.0. The topological polar surface area (TPSA) is 0 Å². The Morgan fingerprint density at radius 2 is 1.88 bits per heavy atom. The van der Waals surface area contributed by atoms with Gasteiger partial charge in [-0.25, -0.2) is 0 Å². The Morgan fingerprint density at radius 1 is 1.12 bits per heavy atom. The predicted octanol–water partition coefficient (Wildman–Crippen LogP) is 5.07. The molecule has 0 heteroatoms. The summed E-state index contributed by atoms with van der Waals surface area (Å²) < 4.78 is 0. The molecule has 0 spiro atoms. The second-order valence-corrected chi connectivity index (χ2v) is 4.43. The van der Waals surface area contributed by atoms with Gasteiger partial charge in [0, 0.05) is 0 Å². The highest BCUT2D eigenvalue weighted by Gasteiger charge is 1.97. The van der Waals surface area contributed by atoms with Gasteiger partial charge in [-0.05, 0) is 28.7 Å². The molecule has 0 amide bonds. The van der Waals surface area contributed by atoms with Gasteiger partial charge < -0.3 is 0 Å². The molecule has 0 N–H and O–H groups in total. The van der Waals surface area contributed by atoms with Gasteiger partial charge in [-0.1, -0.05) is 67.6 Å². The van der Waals surface area contributed by atoms with Crippen LogP contribution in [0.25, 0.3) is 16.8 Å². The van der Waals surface area contributed by atoms with Crippen molar-refractivity contribution >= 4 is 16.8 Å². The highest BCUT2D eigenvalue weighted by Crippen LogP contribution is 2.20. The van der Waals surface area contributed by atoms with Crippen molar-refractivity contribution in [2.75, 3.05) is 0 Å². The summed E-state index contributed by atoms with van der Waals surface area (Å²) in [5, 5.41) is 2.61. The molecule has 0 heterocycles. The van der Waals surface area contributed by atoms with Crippen LogP contribution < -0.4 is 0 Å². The second-order valence-electron chi connectivity index (χ2n) is 4.43.